The van der Waals surface area contributed by atoms with Crippen LogP contribution in [-0.2, 0) is 0 Å². The summed E-state index contributed by atoms with van der Waals surface area (Å²) in [6.45, 7) is 4.63. The van der Waals surface area contributed by atoms with Gasteiger partial charge in [0.25, 0.3) is 0 Å². The zero-order valence-electron chi connectivity index (χ0n) is 30.5. The van der Waals surface area contributed by atoms with Gasteiger partial charge in [-0.25, -0.2) is 0 Å². The molecule has 2 fully saturated rings. The second-order valence-electron chi connectivity index (χ2n) is 15.6. The molecule has 0 aliphatic heterocycles. The highest BCUT2D eigenvalue weighted by molar-refractivity contribution is 5.47. The lowest BCUT2D eigenvalue weighted by molar-refractivity contribution is 0.246. The van der Waals surface area contributed by atoms with Gasteiger partial charge in [0.1, 0.15) is 11.5 Å². The number of aromatic hydroxyl groups is 2. The second kappa shape index (κ2) is 17.8. The molecule has 2 aliphatic rings. The van der Waals surface area contributed by atoms with Gasteiger partial charge in [-0.15, -0.1) is 0 Å². The van der Waals surface area contributed by atoms with E-state index >= 15 is 0 Å². The van der Waals surface area contributed by atoms with Crippen LogP contribution in [0.4, 0.5) is 0 Å². The Morgan fingerprint density at radius 2 is 0.720 bits per heavy atom. The molecule has 0 bridgehead atoms. The van der Waals surface area contributed by atoms with Crippen molar-refractivity contribution in [1.29, 1.82) is 0 Å². The van der Waals surface area contributed by atoms with Crippen molar-refractivity contribution in [2.75, 3.05) is 0 Å². The van der Waals surface area contributed by atoms with E-state index in [1.54, 1.807) is 0 Å². The molecule has 0 aromatic heterocycles. The van der Waals surface area contributed by atoms with Gasteiger partial charge in [0.05, 0.1) is 0 Å². The summed E-state index contributed by atoms with van der Waals surface area (Å²) in [7, 11) is 0. The summed E-state index contributed by atoms with van der Waals surface area (Å²) in [6, 6.07) is 33.5. The fourth-order valence-electron chi connectivity index (χ4n) is 9.08. The Labute approximate surface area is 302 Å². The number of hydrogen-bond donors (Lipinski definition) is 2. The molecule has 0 amide bonds. The molecule has 2 unspecified atom stereocenters. The predicted molar refractivity (Wildman–Crippen MR) is 209 cm³/mol. The molecule has 0 saturated heterocycles. The van der Waals surface area contributed by atoms with Crippen molar-refractivity contribution in [2.24, 2.45) is 23.7 Å². The van der Waals surface area contributed by atoms with Crippen molar-refractivity contribution in [3.8, 4) is 23.3 Å². The maximum atomic E-state index is 9.97. The molecule has 50 heavy (non-hydrogen) atoms. The maximum Gasteiger partial charge on any atom is 0.115 e. The van der Waals surface area contributed by atoms with Crippen molar-refractivity contribution < 1.29 is 10.2 Å². The fourth-order valence-corrected chi connectivity index (χ4v) is 9.08. The van der Waals surface area contributed by atoms with E-state index < -0.39 is 0 Å². The van der Waals surface area contributed by atoms with E-state index in [0.717, 1.165) is 47.6 Å². The van der Waals surface area contributed by atoms with E-state index in [2.05, 4.69) is 98.5 Å². The Bertz CT molecular complexity index is 1520. The quantitative estimate of drug-likeness (QED) is 0.148. The van der Waals surface area contributed by atoms with Crippen LogP contribution in [-0.4, -0.2) is 10.2 Å². The van der Waals surface area contributed by atoms with Crippen LogP contribution in [0.3, 0.4) is 0 Å². The van der Waals surface area contributed by atoms with E-state index in [1.807, 2.05) is 24.3 Å². The average molecular weight is 667 g/mol. The lowest BCUT2D eigenvalue weighted by Crippen LogP contribution is -2.17. The number of benzene rings is 4. The van der Waals surface area contributed by atoms with Gasteiger partial charge >= 0.3 is 0 Å². The van der Waals surface area contributed by atoms with Gasteiger partial charge in [-0.2, -0.15) is 0 Å². The van der Waals surface area contributed by atoms with Gasteiger partial charge in [-0.05, 0) is 107 Å². The third-order valence-electron chi connectivity index (χ3n) is 12.0. The topological polar surface area (TPSA) is 40.5 Å². The number of phenols is 2. The second-order valence-corrected chi connectivity index (χ2v) is 15.6. The van der Waals surface area contributed by atoms with Crippen molar-refractivity contribution in [3.05, 3.63) is 130 Å². The lowest BCUT2D eigenvalue weighted by atomic mass is 9.74. The molecular weight excluding hydrogens is 609 g/mol. The minimum Gasteiger partial charge on any atom is -0.508 e. The Morgan fingerprint density at radius 3 is 1.02 bits per heavy atom. The van der Waals surface area contributed by atoms with Crippen LogP contribution in [0, 0.1) is 35.5 Å². The van der Waals surface area contributed by atoms with Gasteiger partial charge < -0.3 is 10.2 Å². The van der Waals surface area contributed by atoms with Crippen LogP contribution >= 0.6 is 0 Å². The largest absolute Gasteiger partial charge is 0.508 e. The molecule has 4 aromatic carbocycles. The summed E-state index contributed by atoms with van der Waals surface area (Å²) in [4.78, 5) is 0. The third-order valence-corrected chi connectivity index (χ3v) is 12.0. The molecular formula is C48H58O2. The minimum absolute atomic E-state index is 0.325. The predicted octanol–water partition coefficient (Wildman–Crippen LogP) is 12.8. The van der Waals surface area contributed by atoms with E-state index in [4.69, 9.17) is 0 Å². The smallest absolute Gasteiger partial charge is 0.115 e. The van der Waals surface area contributed by atoms with E-state index in [0.29, 0.717) is 23.3 Å². The van der Waals surface area contributed by atoms with Gasteiger partial charge in [-0.1, -0.05) is 151 Å². The summed E-state index contributed by atoms with van der Waals surface area (Å²) in [5.41, 5.74) is 7.30. The highest BCUT2D eigenvalue weighted by Gasteiger charge is 2.27. The maximum absolute atomic E-state index is 9.97. The van der Waals surface area contributed by atoms with Gasteiger partial charge in [-0.3, -0.25) is 0 Å². The van der Waals surface area contributed by atoms with Crippen molar-refractivity contribution in [2.45, 2.75) is 116 Å². The third kappa shape index (κ3) is 9.84. The molecule has 2 nitrogen and oxygen atoms in total. The van der Waals surface area contributed by atoms with Gasteiger partial charge in [0.15, 0.2) is 0 Å². The molecule has 2 N–H and O–H groups in total. The fraction of sp³-hybridized carbons (Fsp3) is 0.458. The van der Waals surface area contributed by atoms with Crippen LogP contribution < -0.4 is 0 Å². The highest BCUT2D eigenvalue weighted by Crippen LogP contribution is 2.41. The monoisotopic (exact) mass is 666 g/mol. The number of rotatable bonds is 12. The van der Waals surface area contributed by atoms with E-state index in [1.165, 1.54) is 99.3 Å². The summed E-state index contributed by atoms with van der Waals surface area (Å²) < 4.78 is 0. The first-order chi connectivity index (χ1) is 24.5. The molecule has 2 atom stereocenters. The van der Waals surface area contributed by atoms with Crippen LogP contribution in [0.15, 0.2) is 97.1 Å². The van der Waals surface area contributed by atoms with Gasteiger partial charge in [0.2, 0.25) is 0 Å². The highest BCUT2D eigenvalue weighted by atomic mass is 16.3. The molecule has 0 spiro atoms. The normalized spacial score (nSPS) is 21.9. The first-order valence-corrected chi connectivity index (χ1v) is 19.8. The van der Waals surface area contributed by atoms with Crippen LogP contribution in [0.1, 0.15) is 149 Å². The van der Waals surface area contributed by atoms with Crippen molar-refractivity contribution >= 4 is 0 Å². The zero-order chi connectivity index (χ0) is 34.7. The Morgan fingerprint density at radius 1 is 0.440 bits per heavy atom. The van der Waals surface area contributed by atoms with Crippen LogP contribution in [0.2, 0.25) is 0 Å². The Kier molecular flexibility index (Phi) is 12.8. The molecule has 2 aliphatic carbocycles. The van der Waals surface area contributed by atoms with Crippen LogP contribution in [0.5, 0.6) is 11.5 Å². The SMILES string of the molecule is CCCC1CCC(CC(c2ccc(O)cc2)c2ccc(C#Cc3ccc(C(CC4CCC(CCC)CC4)c4ccc(O)cc4)cc3)cc2)CC1. The summed E-state index contributed by atoms with van der Waals surface area (Å²) >= 11 is 0. The standard InChI is InChI=1S/C48H58O2/c1-3-5-35-9-13-39(14-10-35)33-47(43-25-29-45(49)30-26-43)41-21-17-37(18-22-41)7-8-38-19-23-42(24-20-38)48(44-27-31-46(50)32-28-44)34-40-15-11-36(6-4-2)12-16-40/h17-32,35-36,39-40,47-50H,3-6,9-16,33-34H2,1-2H3. The molecule has 0 radical (unpaired) electrons. The number of phenolic OH excluding ortho intramolecular Hbond substituents is 2. The van der Waals surface area contributed by atoms with Crippen molar-refractivity contribution in [1.82, 2.24) is 0 Å². The average Bonchev–Trinajstić information content (AvgIpc) is 3.15. The zero-order valence-corrected chi connectivity index (χ0v) is 30.5. The summed E-state index contributed by atoms with van der Waals surface area (Å²) in [5, 5.41) is 19.9. The van der Waals surface area contributed by atoms with Gasteiger partial charge in [0, 0.05) is 23.0 Å². The molecule has 6 rings (SSSR count). The Balaban J connectivity index is 1.14. The molecule has 2 heteroatoms. The lowest BCUT2D eigenvalue weighted by Gasteiger charge is -2.31. The first kappa shape index (κ1) is 35.9. The van der Waals surface area contributed by atoms with E-state index in [-0.39, 0.29) is 0 Å². The molecule has 262 valence electrons. The molecule has 4 aromatic rings. The summed E-state index contributed by atoms with van der Waals surface area (Å²) in [5.74, 6) is 11.5. The van der Waals surface area contributed by atoms with E-state index in [9.17, 15) is 10.2 Å². The van der Waals surface area contributed by atoms with Crippen molar-refractivity contribution in [3.63, 3.8) is 0 Å². The minimum atomic E-state index is 0.325. The first-order valence-electron chi connectivity index (χ1n) is 19.8. The molecule has 0 heterocycles. The van der Waals surface area contributed by atoms with Crippen LogP contribution in [0.25, 0.3) is 0 Å². The molecule has 2 saturated carbocycles. The number of hydrogen-bond acceptors (Lipinski definition) is 2. The summed E-state index contributed by atoms with van der Waals surface area (Å²) in [6.07, 6.45) is 18.5. The Hall–Kier alpha value is -3.96.